The smallest absolute Gasteiger partial charge is 0.412 e. The number of hydrogen-bond acceptors (Lipinski definition) is 10. The molecule has 2 heterocycles. The molecule has 32 heavy (non-hydrogen) atoms. The summed E-state index contributed by atoms with van der Waals surface area (Å²) in [5, 5.41) is 5.77. The van der Waals surface area contributed by atoms with E-state index >= 15 is 0 Å². The van der Waals surface area contributed by atoms with E-state index in [1.54, 1.807) is 33.0 Å². The summed E-state index contributed by atoms with van der Waals surface area (Å²) in [4.78, 5) is 31.0. The first-order valence-electron chi connectivity index (χ1n) is 9.96. The van der Waals surface area contributed by atoms with E-state index < -0.39 is 33.4 Å². The van der Waals surface area contributed by atoms with E-state index in [1.807, 2.05) is 0 Å². The fourth-order valence-electron chi connectivity index (χ4n) is 3.71. The fourth-order valence-corrected chi connectivity index (χ4v) is 4.60. The van der Waals surface area contributed by atoms with Crippen LogP contribution in [-0.2, 0) is 19.8 Å². The van der Waals surface area contributed by atoms with Crippen LogP contribution in [0.3, 0.4) is 0 Å². The molecule has 0 saturated carbocycles. The van der Waals surface area contributed by atoms with Gasteiger partial charge in [-0.25, -0.2) is 9.79 Å². The quantitative estimate of drug-likeness (QED) is 0.258. The molecule has 174 valence electrons. The second kappa shape index (κ2) is 8.75. The van der Waals surface area contributed by atoms with Gasteiger partial charge in [0.2, 0.25) is 16.1 Å². The van der Waals surface area contributed by atoms with Crippen LogP contribution < -0.4 is 16.4 Å². The summed E-state index contributed by atoms with van der Waals surface area (Å²) in [6.45, 7) is 5.39. The number of amides is 1. The maximum atomic E-state index is 12.9. The third-order valence-corrected chi connectivity index (χ3v) is 6.19. The molecule has 3 aliphatic rings. The highest BCUT2D eigenvalue weighted by atomic mass is 32.2. The van der Waals surface area contributed by atoms with Gasteiger partial charge in [-0.15, -0.1) is 0 Å². The molecule has 1 saturated heterocycles. The Morgan fingerprint density at radius 3 is 2.72 bits per heavy atom. The highest BCUT2D eigenvalue weighted by molar-refractivity contribution is 7.81. The highest BCUT2D eigenvalue weighted by Gasteiger charge is 2.50. The minimum atomic E-state index is -2.46. The predicted octanol–water partition coefficient (Wildman–Crippen LogP) is 0.476. The van der Waals surface area contributed by atoms with Crippen LogP contribution in [0.2, 0.25) is 0 Å². The lowest BCUT2D eigenvalue weighted by molar-refractivity contribution is -0.118. The molecule has 1 amide bonds. The topological polar surface area (TPSA) is 143 Å². The maximum Gasteiger partial charge on any atom is 0.412 e. The third-order valence-electron chi connectivity index (χ3n) is 5.13. The van der Waals surface area contributed by atoms with Crippen molar-refractivity contribution in [2.45, 2.75) is 55.9 Å². The van der Waals surface area contributed by atoms with Crippen LogP contribution in [-0.4, -0.2) is 65.6 Å². The highest BCUT2D eigenvalue weighted by Crippen LogP contribution is 2.34. The van der Waals surface area contributed by atoms with Gasteiger partial charge in [0.1, 0.15) is 5.60 Å². The lowest BCUT2D eigenvalue weighted by atomic mass is 9.94. The molecule has 3 rings (SSSR count). The van der Waals surface area contributed by atoms with Gasteiger partial charge >= 0.3 is 6.09 Å². The van der Waals surface area contributed by atoms with Crippen molar-refractivity contribution in [3.05, 3.63) is 35.7 Å². The molecule has 0 aromatic heterocycles. The second-order valence-corrected chi connectivity index (χ2v) is 10.5. The number of carbonyl (C=O) groups excluding carboxylic acids is 2. The summed E-state index contributed by atoms with van der Waals surface area (Å²) in [6.07, 6.45) is 7.81. The molecular weight excluding hydrogens is 454 g/mol. The Morgan fingerprint density at radius 1 is 1.44 bits per heavy atom. The third kappa shape index (κ3) is 4.92. The van der Waals surface area contributed by atoms with Gasteiger partial charge in [-0.1, -0.05) is 0 Å². The molecule has 0 aromatic carbocycles. The van der Waals surface area contributed by atoms with Crippen molar-refractivity contribution < 1.29 is 22.7 Å². The van der Waals surface area contributed by atoms with Crippen LogP contribution in [0, 0.1) is 0 Å². The molecule has 10 nitrogen and oxygen atoms in total. The first kappa shape index (κ1) is 24.1. The number of hydrogen-bond donors (Lipinski definition) is 4. The largest absolute Gasteiger partial charge is 0.444 e. The summed E-state index contributed by atoms with van der Waals surface area (Å²) in [5.74, 6) is -1.44. The zero-order chi connectivity index (χ0) is 23.7. The van der Waals surface area contributed by atoms with Gasteiger partial charge < -0.3 is 15.4 Å². The molecular formula is C20H27N5O5S2. The van der Waals surface area contributed by atoms with Crippen LogP contribution in [0.5, 0.6) is 0 Å². The molecule has 2 aliphatic heterocycles. The molecule has 0 aromatic rings. The Bertz CT molecular complexity index is 1060. The number of likely N-dealkylation sites (tertiary alicyclic amines) is 1. The zero-order valence-electron chi connectivity index (χ0n) is 18.0. The fraction of sp³-hybridized carbons (Fsp3) is 0.500. The predicted molar refractivity (Wildman–Crippen MR) is 125 cm³/mol. The summed E-state index contributed by atoms with van der Waals surface area (Å²) in [7, 11) is -2.46. The molecule has 3 atom stereocenters. The van der Waals surface area contributed by atoms with Gasteiger partial charge in [0.05, 0.1) is 4.86 Å². The average molecular weight is 482 g/mol. The number of nitrogens with one attached hydrogen (secondary N) is 2. The Labute approximate surface area is 193 Å². The van der Waals surface area contributed by atoms with Gasteiger partial charge in [0.15, 0.2) is 11.9 Å². The monoisotopic (exact) mass is 481 g/mol. The van der Waals surface area contributed by atoms with Crippen molar-refractivity contribution in [3.63, 3.8) is 0 Å². The van der Waals surface area contributed by atoms with Crippen molar-refractivity contribution >= 4 is 46.4 Å². The van der Waals surface area contributed by atoms with Gasteiger partial charge in [0.25, 0.3) is 0 Å². The molecule has 0 spiro atoms. The Kier molecular flexibility index (Phi) is 6.59. The number of aliphatic imine (C=N–C) groups is 1. The van der Waals surface area contributed by atoms with Crippen molar-refractivity contribution in [2.75, 3.05) is 6.54 Å². The SMILES string of the molecule is CC(C)(C)OC(=O)N1C[C@@H](S)C[C@]1(C=O)NC1=C(C2(N)N=CC=CN2)CC(=S(=O)=O)C=C1. The number of allylic oxidation sites excluding steroid dienone is 3. The minimum Gasteiger partial charge on any atom is -0.444 e. The van der Waals surface area contributed by atoms with Crippen LogP contribution >= 0.6 is 12.6 Å². The number of rotatable bonds is 4. The number of nitrogens with two attached hydrogens (primary N) is 1. The molecule has 4 N–H and O–H groups in total. The molecule has 1 unspecified atom stereocenters. The summed E-state index contributed by atoms with van der Waals surface area (Å²) >= 11 is 4.49. The molecule has 0 bridgehead atoms. The summed E-state index contributed by atoms with van der Waals surface area (Å²) in [6, 6.07) is 0. The van der Waals surface area contributed by atoms with E-state index in [0.717, 1.165) is 0 Å². The van der Waals surface area contributed by atoms with Gasteiger partial charge in [-0.3, -0.25) is 15.4 Å². The number of ether oxygens (including phenoxy) is 1. The molecule has 1 fully saturated rings. The maximum absolute atomic E-state index is 12.9. The zero-order valence-corrected chi connectivity index (χ0v) is 19.7. The van der Waals surface area contributed by atoms with Crippen molar-refractivity contribution in [3.8, 4) is 0 Å². The van der Waals surface area contributed by atoms with E-state index in [1.165, 1.54) is 23.3 Å². The van der Waals surface area contributed by atoms with Crippen molar-refractivity contribution in [2.24, 2.45) is 10.7 Å². The number of nitrogens with zero attached hydrogens (tertiary/aromatic N) is 2. The first-order chi connectivity index (χ1) is 14.9. The average Bonchev–Trinajstić information content (AvgIpc) is 3.04. The van der Waals surface area contributed by atoms with Gasteiger partial charge in [0, 0.05) is 48.3 Å². The Hall–Kier alpha value is -2.57. The first-order valence-corrected chi connectivity index (χ1v) is 11.6. The van der Waals surface area contributed by atoms with Crippen LogP contribution in [0.25, 0.3) is 0 Å². The minimum absolute atomic E-state index is 0.0324. The van der Waals surface area contributed by atoms with Gasteiger partial charge in [-0.2, -0.15) is 21.0 Å². The van der Waals surface area contributed by atoms with E-state index in [2.05, 4.69) is 28.3 Å². The molecule has 12 heteroatoms. The van der Waals surface area contributed by atoms with Crippen LogP contribution in [0.4, 0.5) is 4.79 Å². The van der Waals surface area contributed by atoms with E-state index in [4.69, 9.17) is 10.5 Å². The Balaban J connectivity index is 2.05. The van der Waals surface area contributed by atoms with E-state index in [0.29, 0.717) is 17.6 Å². The van der Waals surface area contributed by atoms with Crippen LogP contribution in [0.1, 0.15) is 33.6 Å². The normalized spacial score (nSPS) is 29.7. The number of carbonyl (C=O) groups is 2. The summed E-state index contributed by atoms with van der Waals surface area (Å²) < 4.78 is 28.7. The second-order valence-electron chi connectivity index (χ2n) is 8.77. The van der Waals surface area contributed by atoms with Crippen molar-refractivity contribution in [1.82, 2.24) is 15.5 Å². The standard InChI is InChI=1S/C20H27N5O5S2/c1-18(2,3)30-17(27)25-11-13(31)10-19(25,12-26)24-16-6-5-14(32(28)29)9-15(16)20(21)22-7-4-8-23-20/h4-8,12-13,22,24,31H,9-11,21H2,1-3H3/t13-,19-,20?/m0/s1. The molecule has 0 radical (unpaired) electrons. The van der Waals surface area contributed by atoms with Gasteiger partial charge in [-0.05, 0) is 39.0 Å². The van der Waals surface area contributed by atoms with E-state index in [9.17, 15) is 18.0 Å². The van der Waals surface area contributed by atoms with E-state index in [-0.39, 0.29) is 29.5 Å². The Morgan fingerprint density at radius 2 is 2.16 bits per heavy atom. The van der Waals surface area contributed by atoms with Crippen LogP contribution in [0.15, 0.2) is 40.7 Å². The molecule has 1 aliphatic carbocycles. The number of thiol groups is 1. The lowest BCUT2D eigenvalue weighted by Gasteiger charge is -2.39. The number of aldehydes is 1. The summed E-state index contributed by atoms with van der Waals surface area (Å²) in [5.41, 5.74) is 4.99. The van der Waals surface area contributed by atoms with Crippen molar-refractivity contribution in [1.29, 1.82) is 0 Å². The lowest BCUT2D eigenvalue weighted by Crippen LogP contribution is -2.60.